The smallest absolute Gasteiger partial charge is 0.280 e. The maximum atomic E-state index is 13.7. The first-order chi connectivity index (χ1) is 14.5. The van der Waals surface area contributed by atoms with E-state index in [1.54, 1.807) is 6.07 Å². The number of rotatable bonds is 4. The van der Waals surface area contributed by atoms with Crippen molar-refractivity contribution in [3.05, 3.63) is 52.0 Å². The summed E-state index contributed by atoms with van der Waals surface area (Å²) in [7, 11) is 0. The average molecular weight is 445 g/mol. The van der Waals surface area contributed by atoms with E-state index in [-0.39, 0.29) is 11.2 Å². The average Bonchev–Trinajstić information content (AvgIpc) is 3.04. The summed E-state index contributed by atoms with van der Waals surface area (Å²) in [6, 6.07) is 5.79. The maximum absolute atomic E-state index is 13.7. The number of fused-ring (bicyclic) bond motifs is 1. The number of amides is 2. The first kappa shape index (κ1) is 22.6. The normalized spacial score (nSPS) is 12.5. The molecule has 1 aromatic carbocycles. The van der Waals surface area contributed by atoms with E-state index in [1.165, 1.54) is 36.5 Å². The number of halogens is 1. The molecule has 0 saturated heterocycles. The Labute approximate surface area is 184 Å². The number of hydrazine groups is 1. The van der Waals surface area contributed by atoms with Crippen molar-refractivity contribution < 1.29 is 18.7 Å². The Morgan fingerprint density at radius 1 is 1.13 bits per heavy atom. The summed E-state index contributed by atoms with van der Waals surface area (Å²) >= 11 is 1.25. The first-order valence-electron chi connectivity index (χ1n) is 9.78. The summed E-state index contributed by atoms with van der Waals surface area (Å²) < 4.78 is 19.0. The van der Waals surface area contributed by atoms with Crippen molar-refractivity contribution in [3.63, 3.8) is 0 Å². The number of hydrogen-bond donors (Lipinski definition) is 2. The van der Waals surface area contributed by atoms with Crippen molar-refractivity contribution in [1.82, 2.24) is 20.8 Å². The number of nitrogens with one attached hydrogen (secondary N) is 2. The van der Waals surface area contributed by atoms with Gasteiger partial charge in [-0.3, -0.25) is 20.4 Å². The molecule has 0 aliphatic carbocycles. The van der Waals surface area contributed by atoms with Gasteiger partial charge < -0.3 is 4.74 Å². The second kappa shape index (κ2) is 8.58. The lowest BCUT2D eigenvalue weighted by molar-refractivity contribution is -0.128. The van der Waals surface area contributed by atoms with Crippen LogP contribution in [-0.2, 0) is 10.2 Å². The zero-order valence-corrected chi connectivity index (χ0v) is 19.1. The van der Waals surface area contributed by atoms with Gasteiger partial charge >= 0.3 is 0 Å². The molecular formula is C22H25FN4O3S. The van der Waals surface area contributed by atoms with Crippen molar-refractivity contribution in [3.8, 4) is 5.75 Å². The largest absolute Gasteiger partial charge is 0.478 e. The van der Waals surface area contributed by atoms with Gasteiger partial charge in [-0.1, -0.05) is 32.9 Å². The molecule has 2 aromatic heterocycles. The quantitative estimate of drug-likeness (QED) is 0.594. The number of hydrogen-bond acceptors (Lipinski definition) is 6. The minimum Gasteiger partial charge on any atom is -0.478 e. The van der Waals surface area contributed by atoms with Crippen molar-refractivity contribution >= 4 is 33.4 Å². The summed E-state index contributed by atoms with van der Waals surface area (Å²) in [5.74, 6) is -0.984. The standard InChI is InChI=1S/C22H25FN4O3S/c1-11-16-12(2)24-21(22(4,5)6)25-20(16)31-17(11)19(29)27-26-18(28)13(3)30-15-10-8-7-9-14(15)23/h7-10,13H,1-6H3,(H,26,28)(H,27,29). The van der Waals surface area contributed by atoms with Gasteiger partial charge in [0.15, 0.2) is 17.7 Å². The highest BCUT2D eigenvalue weighted by Gasteiger charge is 2.24. The van der Waals surface area contributed by atoms with Crippen LogP contribution >= 0.6 is 11.3 Å². The Morgan fingerprint density at radius 3 is 2.45 bits per heavy atom. The van der Waals surface area contributed by atoms with E-state index in [9.17, 15) is 14.0 Å². The van der Waals surface area contributed by atoms with Gasteiger partial charge in [0.1, 0.15) is 10.7 Å². The van der Waals surface area contributed by atoms with Crippen LogP contribution in [0.4, 0.5) is 4.39 Å². The third kappa shape index (κ3) is 4.82. The van der Waals surface area contributed by atoms with Crippen LogP contribution in [0.2, 0.25) is 0 Å². The van der Waals surface area contributed by atoms with Gasteiger partial charge in [0.2, 0.25) is 0 Å². The van der Waals surface area contributed by atoms with E-state index >= 15 is 0 Å². The van der Waals surface area contributed by atoms with Gasteiger partial charge in [0, 0.05) is 10.8 Å². The lowest BCUT2D eigenvalue weighted by atomic mass is 9.95. The number of carbonyl (C=O) groups is 2. The molecule has 2 amide bonds. The minimum atomic E-state index is -1.01. The van der Waals surface area contributed by atoms with Crippen molar-refractivity contribution in [1.29, 1.82) is 0 Å². The second-order valence-corrected chi connectivity index (χ2v) is 9.25. The number of nitrogens with zero attached hydrogens (tertiary/aromatic N) is 2. The lowest BCUT2D eigenvalue weighted by Crippen LogP contribution is -2.47. The van der Waals surface area contributed by atoms with E-state index in [0.29, 0.717) is 10.7 Å². The number of thiophene rings is 1. The molecule has 9 heteroatoms. The summed E-state index contributed by atoms with van der Waals surface area (Å²) in [5, 5.41) is 0.839. The van der Waals surface area contributed by atoms with Gasteiger partial charge in [-0.05, 0) is 38.5 Å². The minimum absolute atomic E-state index is 0.0412. The lowest BCUT2D eigenvalue weighted by Gasteiger charge is -2.16. The number of aromatic nitrogens is 2. The fraction of sp³-hybridized carbons (Fsp3) is 0.364. The van der Waals surface area contributed by atoms with Crippen molar-refractivity contribution in [2.75, 3.05) is 0 Å². The van der Waals surface area contributed by atoms with Gasteiger partial charge in [0.25, 0.3) is 11.8 Å². The molecule has 0 radical (unpaired) electrons. The molecular weight excluding hydrogens is 419 g/mol. The Morgan fingerprint density at radius 2 is 1.81 bits per heavy atom. The second-order valence-electron chi connectivity index (χ2n) is 8.25. The molecule has 0 aliphatic heterocycles. The molecule has 1 unspecified atom stereocenters. The van der Waals surface area contributed by atoms with E-state index in [4.69, 9.17) is 4.74 Å². The van der Waals surface area contributed by atoms with Crippen LogP contribution in [0.1, 0.15) is 54.4 Å². The molecule has 7 nitrogen and oxygen atoms in total. The van der Waals surface area contributed by atoms with Crippen molar-refractivity contribution in [2.24, 2.45) is 0 Å². The Kier molecular flexibility index (Phi) is 6.26. The van der Waals surface area contributed by atoms with Crippen LogP contribution in [0.25, 0.3) is 10.2 Å². The van der Waals surface area contributed by atoms with Gasteiger partial charge in [-0.15, -0.1) is 11.3 Å². The van der Waals surface area contributed by atoms with Crippen molar-refractivity contribution in [2.45, 2.75) is 53.1 Å². The molecule has 31 heavy (non-hydrogen) atoms. The molecule has 0 spiro atoms. The highest BCUT2D eigenvalue weighted by molar-refractivity contribution is 7.20. The number of benzene rings is 1. The number of aryl methyl sites for hydroxylation is 2. The number of ether oxygens (including phenoxy) is 1. The van der Waals surface area contributed by atoms with E-state index in [2.05, 4.69) is 20.8 Å². The molecule has 1 atom stereocenters. The highest BCUT2D eigenvalue weighted by Crippen LogP contribution is 2.33. The molecule has 2 heterocycles. The monoisotopic (exact) mass is 444 g/mol. The van der Waals surface area contributed by atoms with Crippen LogP contribution in [-0.4, -0.2) is 27.9 Å². The van der Waals surface area contributed by atoms with Gasteiger partial charge in [-0.25, -0.2) is 14.4 Å². The fourth-order valence-electron chi connectivity index (χ4n) is 2.95. The molecule has 2 N–H and O–H groups in total. The van der Waals surface area contributed by atoms with Crippen LogP contribution < -0.4 is 15.6 Å². The molecule has 3 aromatic rings. The number of para-hydroxylation sites is 1. The summed E-state index contributed by atoms with van der Waals surface area (Å²) in [6.07, 6.45) is -1.01. The van der Waals surface area contributed by atoms with E-state index in [0.717, 1.165) is 21.5 Å². The first-order valence-corrected chi connectivity index (χ1v) is 10.6. The Bertz CT molecular complexity index is 1150. The predicted molar refractivity (Wildman–Crippen MR) is 118 cm³/mol. The third-order valence-electron chi connectivity index (χ3n) is 4.66. The Hall–Kier alpha value is -3.07. The summed E-state index contributed by atoms with van der Waals surface area (Å²) in [4.78, 5) is 35.4. The van der Waals surface area contributed by atoms with Gasteiger partial charge in [-0.2, -0.15) is 0 Å². The maximum Gasteiger partial charge on any atom is 0.280 e. The zero-order valence-electron chi connectivity index (χ0n) is 18.3. The number of carbonyl (C=O) groups excluding carboxylic acids is 2. The Balaban J connectivity index is 1.73. The van der Waals surface area contributed by atoms with Gasteiger partial charge in [0.05, 0.1) is 10.6 Å². The third-order valence-corrected chi connectivity index (χ3v) is 5.84. The summed E-state index contributed by atoms with van der Waals surface area (Å²) in [5.41, 5.74) is 6.06. The van der Waals surface area contributed by atoms with Crippen LogP contribution in [0.15, 0.2) is 24.3 Å². The van der Waals surface area contributed by atoms with E-state index < -0.39 is 23.7 Å². The topological polar surface area (TPSA) is 93.2 Å². The zero-order chi connectivity index (χ0) is 22.9. The summed E-state index contributed by atoms with van der Waals surface area (Å²) in [6.45, 7) is 11.3. The molecule has 0 aliphatic rings. The molecule has 3 rings (SSSR count). The fourth-order valence-corrected chi connectivity index (χ4v) is 4.08. The molecule has 0 saturated carbocycles. The van der Waals surface area contributed by atoms with Crippen LogP contribution in [0.5, 0.6) is 5.75 Å². The van der Waals surface area contributed by atoms with Crippen LogP contribution in [0, 0.1) is 19.7 Å². The molecule has 0 fully saturated rings. The van der Waals surface area contributed by atoms with E-state index in [1.807, 2.05) is 34.6 Å². The molecule has 164 valence electrons. The molecule has 0 bridgehead atoms. The van der Waals surface area contributed by atoms with Crippen LogP contribution in [0.3, 0.4) is 0 Å². The SMILES string of the molecule is Cc1nc(C(C)(C)C)nc2sc(C(=O)NNC(=O)C(C)Oc3ccccc3F)c(C)c12. The predicted octanol–water partition coefficient (Wildman–Crippen LogP) is 3.97. The highest BCUT2D eigenvalue weighted by atomic mass is 32.1.